The lowest BCUT2D eigenvalue weighted by Gasteiger charge is -2.00. The van der Waals surface area contributed by atoms with Crippen LogP contribution < -0.4 is 5.32 Å². The summed E-state index contributed by atoms with van der Waals surface area (Å²) in [5.74, 6) is 0. The summed E-state index contributed by atoms with van der Waals surface area (Å²) in [5.41, 5.74) is 0.790. The third-order valence-corrected chi connectivity index (χ3v) is 3.06. The molecule has 0 fully saturated rings. The minimum absolute atomic E-state index is 0.169. The van der Waals surface area contributed by atoms with Crippen LogP contribution in [-0.2, 0) is 4.74 Å². The fraction of sp³-hybridized carbons (Fsp3) is 0.0909. The Kier molecular flexibility index (Phi) is 3.61. The van der Waals surface area contributed by atoms with E-state index in [2.05, 4.69) is 16.9 Å². The van der Waals surface area contributed by atoms with E-state index >= 15 is 0 Å². The number of nitrogens with one attached hydrogen (secondary N) is 1. The molecule has 0 saturated heterocycles. The molecule has 88 valence electrons. The second-order valence-electron chi connectivity index (χ2n) is 3.14. The summed E-state index contributed by atoms with van der Waals surface area (Å²) in [6, 6.07) is 5.35. The molecule has 1 aromatic heterocycles. The molecule has 17 heavy (non-hydrogen) atoms. The summed E-state index contributed by atoms with van der Waals surface area (Å²) in [6.45, 7) is 3.62. The van der Waals surface area contributed by atoms with Crippen LogP contribution in [-0.4, -0.2) is 17.7 Å². The number of anilines is 1. The lowest BCUT2D eigenvalue weighted by atomic mass is 10.3. The summed E-state index contributed by atoms with van der Waals surface area (Å²) < 4.78 is 5.70. The first-order valence-electron chi connectivity index (χ1n) is 4.80. The number of rotatable bonds is 3. The first kappa shape index (κ1) is 11.9. The van der Waals surface area contributed by atoms with E-state index in [9.17, 15) is 4.79 Å². The molecule has 1 heterocycles. The first-order valence-corrected chi connectivity index (χ1v) is 5.99. The molecular weight excluding hydrogens is 260 g/mol. The maximum atomic E-state index is 11.3. The van der Waals surface area contributed by atoms with Crippen molar-refractivity contribution in [2.45, 2.75) is 0 Å². The van der Waals surface area contributed by atoms with Gasteiger partial charge in [0.05, 0.1) is 10.2 Å². The summed E-state index contributed by atoms with van der Waals surface area (Å²) in [5, 5.41) is 3.66. The minimum Gasteiger partial charge on any atom is -0.445 e. The van der Waals surface area contributed by atoms with Crippen molar-refractivity contribution in [1.29, 1.82) is 0 Å². The fourth-order valence-corrected chi connectivity index (χ4v) is 2.34. The van der Waals surface area contributed by atoms with E-state index in [1.807, 2.05) is 0 Å². The molecule has 2 aromatic rings. The summed E-state index contributed by atoms with van der Waals surface area (Å²) in [7, 11) is 0. The summed E-state index contributed by atoms with van der Waals surface area (Å²) in [4.78, 5) is 15.5. The van der Waals surface area contributed by atoms with Crippen molar-refractivity contribution >= 4 is 44.4 Å². The average Bonchev–Trinajstić information content (AvgIpc) is 2.67. The monoisotopic (exact) mass is 268 g/mol. The predicted molar refractivity (Wildman–Crippen MR) is 69.8 cm³/mol. The van der Waals surface area contributed by atoms with Gasteiger partial charge in [-0.25, -0.2) is 9.78 Å². The van der Waals surface area contributed by atoms with Gasteiger partial charge < -0.3 is 4.74 Å². The normalized spacial score (nSPS) is 10.2. The molecule has 0 bridgehead atoms. The number of nitrogens with zero attached hydrogens (tertiary/aromatic N) is 1. The van der Waals surface area contributed by atoms with Gasteiger partial charge in [0.15, 0.2) is 5.13 Å². The number of carbonyl (C=O) groups is 1. The van der Waals surface area contributed by atoms with Gasteiger partial charge in [-0.1, -0.05) is 35.6 Å². The van der Waals surface area contributed by atoms with Crippen molar-refractivity contribution in [2.24, 2.45) is 0 Å². The standard InChI is InChI=1S/C11H9ClN2O2S/c1-2-5-16-11(15)14-10-13-8-4-3-7(12)6-9(8)17-10/h2-4,6H,1,5H2,(H,13,14,15). The number of ether oxygens (including phenoxy) is 1. The number of fused-ring (bicyclic) bond motifs is 1. The molecule has 0 aliphatic rings. The average molecular weight is 269 g/mol. The Hall–Kier alpha value is -1.59. The molecule has 0 atom stereocenters. The van der Waals surface area contributed by atoms with E-state index in [4.69, 9.17) is 16.3 Å². The van der Waals surface area contributed by atoms with E-state index in [0.717, 1.165) is 10.2 Å². The predicted octanol–water partition coefficient (Wildman–Crippen LogP) is 3.68. The second-order valence-corrected chi connectivity index (χ2v) is 4.61. The molecule has 0 aliphatic heterocycles. The number of hydrogen-bond donors (Lipinski definition) is 1. The van der Waals surface area contributed by atoms with Gasteiger partial charge in [-0.15, -0.1) is 0 Å². The highest BCUT2D eigenvalue weighted by Crippen LogP contribution is 2.28. The van der Waals surface area contributed by atoms with Crippen LogP contribution >= 0.6 is 22.9 Å². The molecule has 1 aromatic carbocycles. The zero-order valence-electron chi connectivity index (χ0n) is 8.77. The number of halogens is 1. The maximum absolute atomic E-state index is 11.3. The zero-order valence-corrected chi connectivity index (χ0v) is 10.3. The van der Waals surface area contributed by atoms with Gasteiger partial charge in [0, 0.05) is 5.02 Å². The van der Waals surface area contributed by atoms with Crippen molar-refractivity contribution < 1.29 is 9.53 Å². The zero-order chi connectivity index (χ0) is 12.3. The molecule has 0 aliphatic carbocycles. The van der Waals surface area contributed by atoms with Crippen LogP contribution in [0.5, 0.6) is 0 Å². The third-order valence-electron chi connectivity index (χ3n) is 1.89. The smallest absolute Gasteiger partial charge is 0.413 e. The summed E-state index contributed by atoms with van der Waals surface area (Å²) >= 11 is 7.20. The van der Waals surface area contributed by atoms with Gasteiger partial charge in [-0.3, -0.25) is 5.32 Å². The molecule has 0 saturated carbocycles. The van der Waals surface area contributed by atoms with Crippen molar-refractivity contribution in [3.05, 3.63) is 35.9 Å². The molecule has 0 unspecified atom stereocenters. The minimum atomic E-state index is -0.546. The Morgan fingerprint density at radius 2 is 2.47 bits per heavy atom. The topological polar surface area (TPSA) is 51.2 Å². The number of thiazole rings is 1. The van der Waals surface area contributed by atoms with Crippen LogP contribution in [0.3, 0.4) is 0 Å². The van der Waals surface area contributed by atoms with Gasteiger partial charge in [-0.05, 0) is 18.2 Å². The lowest BCUT2D eigenvalue weighted by molar-refractivity contribution is 0.174. The van der Waals surface area contributed by atoms with Gasteiger partial charge >= 0.3 is 6.09 Å². The van der Waals surface area contributed by atoms with Crippen LogP contribution in [0.4, 0.5) is 9.93 Å². The van der Waals surface area contributed by atoms with Crippen molar-refractivity contribution in [3.63, 3.8) is 0 Å². The van der Waals surface area contributed by atoms with E-state index in [1.165, 1.54) is 17.4 Å². The molecule has 1 amide bonds. The van der Waals surface area contributed by atoms with E-state index in [1.54, 1.807) is 18.2 Å². The van der Waals surface area contributed by atoms with Crippen LogP contribution in [0, 0.1) is 0 Å². The van der Waals surface area contributed by atoms with Crippen LogP contribution in [0.25, 0.3) is 10.2 Å². The highest BCUT2D eigenvalue weighted by atomic mass is 35.5. The van der Waals surface area contributed by atoms with Crippen LogP contribution in [0.15, 0.2) is 30.9 Å². The Morgan fingerprint density at radius 3 is 3.24 bits per heavy atom. The number of carbonyl (C=O) groups excluding carboxylic acids is 1. The SMILES string of the molecule is C=CCOC(=O)Nc1nc2ccc(Cl)cc2s1. The largest absolute Gasteiger partial charge is 0.445 e. The lowest BCUT2D eigenvalue weighted by Crippen LogP contribution is -2.13. The van der Waals surface area contributed by atoms with Gasteiger partial charge in [0.25, 0.3) is 0 Å². The van der Waals surface area contributed by atoms with E-state index in [-0.39, 0.29) is 6.61 Å². The molecule has 0 spiro atoms. The molecular formula is C11H9ClN2O2S. The quantitative estimate of drug-likeness (QED) is 0.864. The number of hydrogen-bond acceptors (Lipinski definition) is 4. The maximum Gasteiger partial charge on any atom is 0.413 e. The fourth-order valence-electron chi connectivity index (χ4n) is 1.21. The second kappa shape index (κ2) is 5.16. The van der Waals surface area contributed by atoms with Crippen molar-refractivity contribution in [2.75, 3.05) is 11.9 Å². The molecule has 6 heteroatoms. The Labute approximate surface area is 107 Å². The highest BCUT2D eigenvalue weighted by Gasteiger charge is 2.08. The van der Waals surface area contributed by atoms with Gasteiger partial charge in [0.1, 0.15) is 6.61 Å². The first-order chi connectivity index (χ1) is 8.19. The van der Waals surface area contributed by atoms with Crippen molar-refractivity contribution in [1.82, 2.24) is 4.98 Å². The molecule has 4 nitrogen and oxygen atoms in total. The third kappa shape index (κ3) is 2.95. The van der Waals surface area contributed by atoms with Crippen molar-refractivity contribution in [3.8, 4) is 0 Å². The molecule has 2 rings (SSSR count). The number of aromatic nitrogens is 1. The van der Waals surface area contributed by atoms with Crippen LogP contribution in [0.1, 0.15) is 0 Å². The van der Waals surface area contributed by atoms with E-state index in [0.29, 0.717) is 10.2 Å². The Morgan fingerprint density at radius 1 is 1.65 bits per heavy atom. The van der Waals surface area contributed by atoms with Crippen LogP contribution in [0.2, 0.25) is 5.02 Å². The number of amides is 1. The molecule has 1 N–H and O–H groups in total. The highest BCUT2D eigenvalue weighted by molar-refractivity contribution is 7.22. The number of benzene rings is 1. The Bertz CT molecular complexity index is 568. The van der Waals surface area contributed by atoms with Gasteiger partial charge in [0.2, 0.25) is 0 Å². The van der Waals surface area contributed by atoms with E-state index < -0.39 is 6.09 Å². The summed E-state index contributed by atoms with van der Waals surface area (Å²) in [6.07, 6.45) is 0.951. The van der Waals surface area contributed by atoms with Gasteiger partial charge in [-0.2, -0.15) is 0 Å². The molecule has 0 radical (unpaired) electrons. The Balaban J connectivity index is 2.14.